The number of amides is 2. The van der Waals surface area contributed by atoms with Gasteiger partial charge in [0.05, 0.1) is 6.10 Å². The van der Waals surface area contributed by atoms with Crippen LogP contribution in [-0.4, -0.2) is 35.2 Å². The molecule has 0 bridgehead atoms. The third-order valence-electron chi connectivity index (χ3n) is 4.44. The van der Waals surface area contributed by atoms with E-state index in [-0.39, 0.29) is 11.9 Å². The Hall–Kier alpha value is -1.55. The van der Waals surface area contributed by atoms with Crippen molar-refractivity contribution in [1.29, 1.82) is 0 Å². The van der Waals surface area contributed by atoms with E-state index in [2.05, 4.69) is 31.3 Å². The number of urea groups is 1. The summed E-state index contributed by atoms with van der Waals surface area (Å²) in [5.41, 5.74) is 3.27. The Balaban J connectivity index is 2.13. The van der Waals surface area contributed by atoms with Gasteiger partial charge in [-0.3, -0.25) is 0 Å². The molecular formula is C17H26N2O2. The highest BCUT2D eigenvalue weighted by Gasteiger charge is 2.27. The van der Waals surface area contributed by atoms with Gasteiger partial charge in [0.15, 0.2) is 0 Å². The predicted molar refractivity (Wildman–Crippen MR) is 85.6 cm³/mol. The molecule has 21 heavy (non-hydrogen) atoms. The number of nitrogens with zero attached hydrogens (tertiary/aromatic N) is 1. The number of piperidine rings is 1. The lowest BCUT2D eigenvalue weighted by Gasteiger charge is -2.34. The molecule has 0 spiro atoms. The van der Waals surface area contributed by atoms with E-state index in [4.69, 9.17) is 0 Å². The Morgan fingerprint density at radius 3 is 2.48 bits per heavy atom. The van der Waals surface area contributed by atoms with E-state index in [0.717, 1.165) is 36.1 Å². The Morgan fingerprint density at radius 2 is 1.95 bits per heavy atom. The number of benzene rings is 1. The molecule has 2 atom stereocenters. The predicted octanol–water partition coefficient (Wildman–Crippen LogP) is 3.05. The van der Waals surface area contributed by atoms with Gasteiger partial charge in [0.1, 0.15) is 0 Å². The molecular weight excluding hydrogens is 264 g/mol. The number of carbonyl (C=O) groups excluding carboxylic acids is 1. The summed E-state index contributed by atoms with van der Waals surface area (Å²) in [6.07, 6.45) is 2.22. The number of rotatable bonds is 3. The molecule has 116 valence electrons. The molecule has 2 N–H and O–H groups in total. The first-order chi connectivity index (χ1) is 10.1. The molecule has 1 aliphatic rings. The van der Waals surface area contributed by atoms with Crippen molar-refractivity contribution >= 4 is 11.7 Å². The lowest BCUT2D eigenvalue weighted by molar-refractivity contribution is 0.0463. The fraction of sp³-hybridized carbons (Fsp3) is 0.588. The molecule has 1 saturated heterocycles. The molecule has 1 aromatic carbocycles. The second kappa shape index (κ2) is 6.94. The van der Waals surface area contributed by atoms with Crippen molar-refractivity contribution < 1.29 is 9.90 Å². The van der Waals surface area contributed by atoms with Gasteiger partial charge < -0.3 is 15.3 Å². The van der Waals surface area contributed by atoms with Crippen molar-refractivity contribution in [1.82, 2.24) is 4.90 Å². The monoisotopic (exact) mass is 290 g/mol. The third kappa shape index (κ3) is 3.56. The van der Waals surface area contributed by atoms with E-state index in [0.29, 0.717) is 13.1 Å². The molecule has 0 aromatic heterocycles. The lowest BCUT2D eigenvalue weighted by atomic mass is 9.96. The highest BCUT2D eigenvalue weighted by molar-refractivity contribution is 5.91. The van der Waals surface area contributed by atoms with Gasteiger partial charge in [-0.15, -0.1) is 0 Å². The molecule has 4 heteroatoms. The van der Waals surface area contributed by atoms with Crippen LogP contribution in [-0.2, 0) is 12.8 Å². The topological polar surface area (TPSA) is 52.6 Å². The molecule has 1 aliphatic heterocycles. The van der Waals surface area contributed by atoms with Gasteiger partial charge in [-0.25, -0.2) is 4.79 Å². The number of hydrogen-bond donors (Lipinski definition) is 2. The van der Waals surface area contributed by atoms with Gasteiger partial charge in [0.2, 0.25) is 0 Å². The van der Waals surface area contributed by atoms with Gasteiger partial charge in [0.25, 0.3) is 0 Å². The zero-order valence-corrected chi connectivity index (χ0v) is 13.2. The molecule has 0 aliphatic carbocycles. The first-order valence-corrected chi connectivity index (χ1v) is 7.91. The average molecular weight is 290 g/mol. The van der Waals surface area contributed by atoms with Crippen LogP contribution < -0.4 is 5.32 Å². The van der Waals surface area contributed by atoms with Crippen molar-refractivity contribution in [2.24, 2.45) is 5.92 Å². The molecule has 1 aromatic rings. The van der Waals surface area contributed by atoms with E-state index in [1.165, 1.54) is 0 Å². The van der Waals surface area contributed by atoms with Crippen LogP contribution in [0.15, 0.2) is 18.2 Å². The second-order valence-electron chi connectivity index (χ2n) is 5.87. The maximum Gasteiger partial charge on any atom is 0.321 e. The molecule has 4 nitrogen and oxygen atoms in total. The number of likely N-dealkylation sites (tertiary alicyclic amines) is 1. The summed E-state index contributed by atoms with van der Waals surface area (Å²) in [5, 5.41) is 13.0. The lowest BCUT2D eigenvalue weighted by Crippen LogP contribution is -2.47. The van der Waals surface area contributed by atoms with Gasteiger partial charge in [-0.1, -0.05) is 39.0 Å². The average Bonchev–Trinajstić information content (AvgIpc) is 2.50. The summed E-state index contributed by atoms with van der Waals surface area (Å²) in [7, 11) is 0. The maximum absolute atomic E-state index is 12.5. The van der Waals surface area contributed by atoms with E-state index >= 15 is 0 Å². The Bertz CT molecular complexity index is 479. The number of aliphatic hydroxyl groups is 1. The number of hydrogen-bond acceptors (Lipinski definition) is 2. The molecule has 1 heterocycles. The van der Waals surface area contributed by atoms with Crippen molar-refractivity contribution in [2.45, 2.75) is 46.1 Å². The fourth-order valence-corrected chi connectivity index (χ4v) is 2.82. The summed E-state index contributed by atoms with van der Waals surface area (Å²) < 4.78 is 0. The number of β-amino-alcohol motifs (C(OH)–C–C–N with tert-alkyl or cyclic N) is 1. The standard InChI is InChI=1S/C17H26N2O2/c1-4-13-7-6-8-14(5-2)16(13)18-17(21)19-10-9-12(3)15(20)11-19/h6-8,12,15,20H,4-5,9-11H2,1-3H3,(H,18,21). The molecule has 2 rings (SSSR count). The minimum atomic E-state index is -0.420. The van der Waals surface area contributed by atoms with Crippen molar-refractivity contribution in [3.05, 3.63) is 29.3 Å². The number of para-hydroxylation sites is 1. The number of aryl methyl sites for hydroxylation is 2. The zero-order chi connectivity index (χ0) is 15.4. The van der Waals surface area contributed by atoms with Crippen LogP contribution >= 0.6 is 0 Å². The van der Waals surface area contributed by atoms with Gasteiger partial charge in [0, 0.05) is 18.8 Å². The van der Waals surface area contributed by atoms with Gasteiger partial charge in [-0.2, -0.15) is 0 Å². The molecule has 0 saturated carbocycles. The van der Waals surface area contributed by atoms with Gasteiger partial charge >= 0.3 is 6.03 Å². The minimum absolute atomic E-state index is 0.100. The van der Waals surface area contributed by atoms with Crippen LogP contribution in [0.4, 0.5) is 10.5 Å². The van der Waals surface area contributed by atoms with Crippen molar-refractivity contribution in [3.63, 3.8) is 0 Å². The van der Waals surface area contributed by atoms with Crippen LogP contribution in [0.5, 0.6) is 0 Å². The van der Waals surface area contributed by atoms with E-state index in [1.807, 2.05) is 13.0 Å². The minimum Gasteiger partial charge on any atom is -0.391 e. The summed E-state index contributed by atoms with van der Waals surface area (Å²) in [6.45, 7) is 7.34. The number of carbonyl (C=O) groups is 1. The summed E-state index contributed by atoms with van der Waals surface area (Å²) in [6, 6.07) is 6.06. The summed E-state index contributed by atoms with van der Waals surface area (Å²) >= 11 is 0. The van der Waals surface area contributed by atoms with Crippen LogP contribution in [0.25, 0.3) is 0 Å². The van der Waals surface area contributed by atoms with Gasteiger partial charge in [-0.05, 0) is 36.3 Å². The van der Waals surface area contributed by atoms with Crippen molar-refractivity contribution in [2.75, 3.05) is 18.4 Å². The largest absolute Gasteiger partial charge is 0.391 e. The van der Waals surface area contributed by atoms with Crippen LogP contribution in [0, 0.1) is 5.92 Å². The quantitative estimate of drug-likeness (QED) is 0.899. The Kier molecular flexibility index (Phi) is 5.23. The smallest absolute Gasteiger partial charge is 0.321 e. The van der Waals surface area contributed by atoms with E-state index < -0.39 is 6.10 Å². The highest BCUT2D eigenvalue weighted by Crippen LogP contribution is 2.24. The van der Waals surface area contributed by atoms with Crippen LogP contribution in [0.1, 0.15) is 38.3 Å². The van der Waals surface area contributed by atoms with Crippen molar-refractivity contribution in [3.8, 4) is 0 Å². The number of anilines is 1. The Labute approximate surface area is 127 Å². The van der Waals surface area contributed by atoms with E-state index in [1.54, 1.807) is 4.90 Å². The molecule has 2 amide bonds. The molecule has 0 radical (unpaired) electrons. The normalized spacial score (nSPS) is 22.2. The number of aliphatic hydroxyl groups excluding tert-OH is 1. The van der Waals surface area contributed by atoms with Crippen LogP contribution in [0.2, 0.25) is 0 Å². The maximum atomic E-state index is 12.5. The first kappa shape index (κ1) is 15.8. The highest BCUT2D eigenvalue weighted by atomic mass is 16.3. The van der Waals surface area contributed by atoms with E-state index in [9.17, 15) is 9.90 Å². The summed E-state index contributed by atoms with van der Waals surface area (Å²) in [5.74, 6) is 0.267. The summed E-state index contributed by atoms with van der Waals surface area (Å²) in [4.78, 5) is 14.2. The van der Waals surface area contributed by atoms with Crippen LogP contribution in [0.3, 0.4) is 0 Å². The second-order valence-corrected chi connectivity index (χ2v) is 5.87. The molecule has 1 fully saturated rings. The first-order valence-electron chi connectivity index (χ1n) is 7.91. The molecule has 2 unspecified atom stereocenters. The third-order valence-corrected chi connectivity index (χ3v) is 4.44. The zero-order valence-electron chi connectivity index (χ0n) is 13.2. The SMILES string of the molecule is CCc1cccc(CC)c1NC(=O)N1CCC(C)C(O)C1. The number of nitrogens with one attached hydrogen (secondary N) is 1. The fourth-order valence-electron chi connectivity index (χ4n) is 2.82. The Morgan fingerprint density at radius 1 is 1.33 bits per heavy atom.